The average Bonchev–Trinajstić information content (AvgIpc) is 2.46. The second-order valence-corrected chi connectivity index (χ2v) is 4.61. The van der Waals surface area contributed by atoms with E-state index in [0.717, 1.165) is 18.7 Å². The van der Waals surface area contributed by atoms with Crippen molar-refractivity contribution in [3.63, 3.8) is 0 Å². The summed E-state index contributed by atoms with van der Waals surface area (Å²) in [5, 5.41) is 5.93. The van der Waals surface area contributed by atoms with Gasteiger partial charge in [-0.2, -0.15) is 0 Å². The predicted molar refractivity (Wildman–Crippen MR) is 81.9 cm³/mol. The summed E-state index contributed by atoms with van der Waals surface area (Å²) in [6.45, 7) is 6.97. The van der Waals surface area contributed by atoms with Crippen LogP contribution in [-0.4, -0.2) is 19.7 Å². The number of methoxy groups -OCH3 is 1. The molecule has 1 unspecified atom stereocenters. The molecule has 0 saturated heterocycles. The van der Waals surface area contributed by atoms with Crippen LogP contribution in [-0.2, 0) is 6.42 Å². The Morgan fingerprint density at radius 2 is 2.16 bits per heavy atom. The summed E-state index contributed by atoms with van der Waals surface area (Å²) < 4.78 is 5.32. The summed E-state index contributed by atoms with van der Waals surface area (Å²) in [4.78, 5) is 0. The smallest absolute Gasteiger partial charge is 0.119 e. The lowest BCUT2D eigenvalue weighted by molar-refractivity contribution is 0.415. The summed E-state index contributed by atoms with van der Waals surface area (Å²) in [7, 11) is 1.70. The third-order valence-electron chi connectivity index (χ3n) is 3.37. The van der Waals surface area contributed by atoms with E-state index in [-0.39, 0.29) is 0 Å². The van der Waals surface area contributed by atoms with Gasteiger partial charge < -0.3 is 10.1 Å². The molecule has 2 rings (SSSR count). The molecule has 1 atom stereocenters. The van der Waals surface area contributed by atoms with Gasteiger partial charge in [-0.3, -0.25) is 0 Å². The number of fused-ring (bicyclic) bond motifs is 1. The standard InChI is InChI=1S/C17H21NO/c1-4-15(18-5-2)11-14-8-6-7-13-9-10-16(19-3)12-17(13)14/h4,6-10,12,15,18H,1,5,11H2,2-3H3. The highest BCUT2D eigenvalue weighted by Gasteiger charge is 2.07. The van der Waals surface area contributed by atoms with Crippen molar-refractivity contribution in [2.45, 2.75) is 19.4 Å². The van der Waals surface area contributed by atoms with Crippen molar-refractivity contribution in [3.05, 3.63) is 54.6 Å². The van der Waals surface area contributed by atoms with E-state index in [1.54, 1.807) is 7.11 Å². The van der Waals surface area contributed by atoms with E-state index in [4.69, 9.17) is 4.74 Å². The SMILES string of the molecule is C=CC(Cc1cccc2ccc(OC)cc12)NCC. The predicted octanol–water partition coefficient (Wildman–Crippen LogP) is 3.56. The first-order chi connectivity index (χ1) is 9.28. The van der Waals surface area contributed by atoms with Gasteiger partial charge in [-0.15, -0.1) is 6.58 Å². The normalized spacial score (nSPS) is 12.3. The fourth-order valence-corrected chi connectivity index (χ4v) is 2.36. The van der Waals surface area contributed by atoms with Crippen LogP contribution in [0.4, 0.5) is 0 Å². The van der Waals surface area contributed by atoms with E-state index < -0.39 is 0 Å². The quantitative estimate of drug-likeness (QED) is 0.797. The summed E-state index contributed by atoms with van der Waals surface area (Å²) in [6, 6.07) is 12.9. The summed E-state index contributed by atoms with van der Waals surface area (Å²) in [6.07, 6.45) is 2.92. The fourth-order valence-electron chi connectivity index (χ4n) is 2.36. The average molecular weight is 255 g/mol. The van der Waals surface area contributed by atoms with Crippen molar-refractivity contribution in [1.29, 1.82) is 0 Å². The number of hydrogen-bond acceptors (Lipinski definition) is 2. The summed E-state index contributed by atoms with van der Waals surface area (Å²) in [5.41, 5.74) is 1.32. The van der Waals surface area contributed by atoms with Gasteiger partial charge in [-0.1, -0.05) is 37.3 Å². The molecule has 0 aliphatic rings. The minimum absolute atomic E-state index is 0.307. The maximum atomic E-state index is 5.32. The van der Waals surface area contributed by atoms with Crippen LogP contribution in [0.1, 0.15) is 12.5 Å². The highest BCUT2D eigenvalue weighted by atomic mass is 16.5. The Balaban J connectivity index is 2.38. The molecule has 0 amide bonds. The first kappa shape index (κ1) is 13.6. The summed E-state index contributed by atoms with van der Waals surface area (Å²) in [5.74, 6) is 0.901. The molecule has 100 valence electrons. The van der Waals surface area contributed by atoms with Gasteiger partial charge >= 0.3 is 0 Å². The molecule has 0 spiro atoms. The van der Waals surface area contributed by atoms with Crippen LogP contribution in [0, 0.1) is 0 Å². The highest BCUT2D eigenvalue weighted by molar-refractivity contribution is 5.87. The lowest BCUT2D eigenvalue weighted by Gasteiger charge is -2.15. The maximum absolute atomic E-state index is 5.32. The van der Waals surface area contributed by atoms with Gasteiger partial charge in [0.05, 0.1) is 7.11 Å². The molecule has 0 bridgehead atoms. The molecule has 0 saturated carbocycles. The zero-order valence-electron chi connectivity index (χ0n) is 11.6. The van der Waals surface area contributed by atoms with E-state index in [1.165, 1.54) is 16.3 Å². The molecule has 19 heavy (non-hydrogen) atoms. The Bertz CT molecular complexity index is 562. The van der Waals surface area contributed by atoms with Crippen LogP contribution >= 0.6 is 0 Å². The van der Waals surface area contributed by atoms with Crippen molar-refractivity contribution in [2.24, 2.45) is 0 Å². The third-order valence-corrected chi connectivity index (χ3v) is 3.37. The molecule has 1 N–H and O–H groups in total. The monoisotopic (exact) mass is 255 g/mol. The maximum Gasteiger partial charge on any atom is 0.119 e. The van der Waals surface area contributed by atoms with E-state index in [0.29, 0.717) is 6.04 Å². The minimum Gasteiger partial charge on any atom is -0.497 e. The number of rotatable bonds is 6. The first-order valence-corrected chi connectivity index (χ1v) is 6.70. The van der Waals surface area contributed by atoms with Crippen LogP contribution in [0.25, 0.3) is 10.8 Å². The number of benzene rings is 2. The van der Waals surface area contributed by atoms with Crippen LogP contribution < -0.4 is 10.1 Å². The second-order valence-electron chi connectivity index (χ2n) is 4.61. The Morgan fingerprint density at radius 3 is 2.84 bits per heavy atom. The van der Waals surface area contributed by atoms with Gasteiger partial charge in [-0.05, 0) is 41.4 Å². The zero-order chi connectivity index (χ0) is 13.7. The molecule has 0 aliphatic carbocycles. The van der Waals surface area contributed by atoms with E-state index in [9.17, 15) is 0 Å². The third kappa shape index (κ3) is 3.15. The van der Waals surface area contributed by atoms with E-state index in [2.05, 4.69) is 49.2 Å². The van der Waals surface area contributed by atoms with Gasteiger partial charge in [0.25, 0.3) is 0 Å². The minimum atomic E-state index is 0.307. The molecule has 0 aliphatic heterocycles. The Hall–Kier alpha value is -1.80. The molecule has 0 fully saturated rings. The zero-order valence-corrected chi connectivity index (χ0v) is 11.6. The number of hydrogen-bond donors (Lipinski definition) is 1. The second kappa shape index (κ2) is 6.39. The molecule has 0 heterocycles. The van der Waals surface area contributed by atoms with Gasteiger partial charge in [0.2, 0.25) is 0 Å². The molecule has 2 nitrogen and oxygen atoms in total. The van der Waals surface area contributed by atoms with Crippen LogP contribution in [0.3, 0.4) is 0 Å². The summed E-state index contributed by atoms with van der Waals surface area (Å²) >= 11 is 0. The largest absolute Gasteiger partial charge is 0.497 e. The van der Waals surface area contributed by atoms with Crippen molar-refractivity contribution in [2.75, 3.05) is 13.7 Å². The van der Waals surface area contributed by atoms with Crippen LogP contribution in [0.15, 0.2) is 49.1 Å². The lowest BCUT2D eigenvalue weighted by Crippen LogP contribution is -2.28. The first-order valence-electron chi connectivity index (χ1n) is 6.70. The fraction of sp³-hybridized carbons (Fsp3) is 0.294. The van der Waals surface area contributed by atoms with Crippen LogP contribution in [0.5, 0.6) is 5.75 Å². The molecule has 0 radical (unpaired) electrons. The van der Waals surface area contributed by atoms with Gasteiger partial charge in [0.15, 0.2) is 0 Å². The Labute approximate surface area is 115 Å². The molecular weight excluding hydrogens is 234 g/mol. The molecule has 0 aromatic heterocycles. The molecular formula is C17H21NO. The van der Waals surface area contributed by atoms with Crippen molar-refractivity contribution >= 4 is 10.8 Å². The molecule has 2 aromatic carbocycles. The van der Waals surface area contributed by atoms with Gasteiger partial charge in [0.1, 0.15) is 5.75 Å². The molecule has 2 aromatic rings. The Morgan fingerprint density at radius 1 is 1.32 bits per heavy atom. The van der Waals surface area contributed by atoms with Crippen molar-refractivity contribution in [1.82, 2.24) is 5.32 Å². The van der Waals surface area contributed by atoms with Crippen molar-refractivity contribution < 1.29 is 4.74 Å². The van der Waals surface area contributed by atoms with Gasteiger partial charge in [-0.25, -0.2) is 0 Å². The van der Waals surface area contributed by atoms with Crippen LogP contribution in [0.2, 0.25) is 0 Å². The van der Waals surface area contributed by atoms with Crippen molar-refractivity contribution in [3.8, 4) is 5.75 Å². The molecule has 2 heteroatoms. The van der Waals surface area contributed by atoms with Gasteiger partial charge in [0, 0.05) is 6.04 Å². The van der Waals surface area contributed by atoms with E-state index >= 15 is 0 Å². The number of nitrogens with one attached hydrogen (secondary N) is 1. The Kier molecular flexibility index (Phi) is 4.58. The topological polar surface area (TPSA) is 21.3 Å². The highest BCUT2D eigenvalue weighted by Crippen LogP contribution is 2.25. The number of ether oxygens (including phenoxy) is 1. The van der Waals surface area contributed by atoms with E-state index in [1.807, 2.05) is 12.1 Å². The lowest BCUT2D eigenvalue weighted by atomic mass is 9.98. The number of likely N-dealkylation sites (N-methyl/N-ethyl adjacent to an activating group) is 1.